The summed E-state index contributed by atoms with van der Waals surface area (Å²) in [5, 5.41) is 12.5. The lowest BCUT2D eigenvalue weighted by Crippen LogP contribution is -1.99. The van der Waals surface area contributed by atoms with Gasteiger partial charge in [-0.05, 0) is 13.0 Å². The minimum Gasteiger partial charge on any atom is -0.476 e. The normalized spacial score (nSPS) is 10.4. The third kappa shape index (κ3) is 1.74. The van der Waals surface area contributed by atoms with Crippen LogP contribution in [0.5, 0.6) is 0 Å². The number of nitrogens with zero attached hydrogens (tertiary/aromatic N) is 1. The number of halogens is 1. The molecule has 2 rings (SSSR count). The van der Waals surface area contributed by atoms with E-state index in [1.165, 1.54) is 0 Å². The van der Waals surface area contributed by atoms with Gasteiger partial charge in [0.15, 0.2) is 5.69 Å². The van der Waals surface area contributed by atoms with Crippen LogP contribution in [0.4, 0.5) is 0 Å². The van der Waals surface area contributed by atoms with Gasteiger partial charge >= 0.3 is 5.97 Å². The molecule has 0 aliphatic rings. The van der Waals surface area contributed by atoms with Crippen LogP contribution in [-0.2, 0) is 0 Å². The summed E-state index contributed by atoms with van der Waals surface area (Å²) in [5.74, 6) is -0.605. The Balaban J connectivity index is 2.68. The number of benzene rings is 1. The van der Waals surface area contributed by atoms with Crippen molar-refractivity contribution in [3.8, 4) is 11.1 Å². The second-order valence-electron chi connectivity index (χ2n) is 3.25. The molecule has 5 heteroatoms. The van der Waals surface area contributed by atoms with E-state index in [1.807, 2.05) is 24.3 Å². The molecule has 1 aromatic heterocycles. The maximum atomic E-state index is 11.0. The summed E-state index contributed by atoms with van der Waals surface area (Å²) >= 11 is 3.37. The number of carboxylic acids is 1. The molecule has 0 amide bonds. The van der Waals surface area contributed by atoms with Crippen LogP contribution < -0.4 is 0 Å². The molecule has 2 aromatic rings. The molecule has 0 unspecified atom stereocenters. The van der Waals surface area contributed by atoms with Crippen molar-refractivity contribution in [3.05, 3.63) is 40.2 Å². The Labute approximate surface area is 100 Å². The lowest BCUT2D eigenvalue weighted by Gasteiger charge is -2.02. The summed E-state index contributed by atoms with van der Waals surface area (Å²) in [6.45, 7) is 1.69. The number of aromatic nitrogens is 1. The van der Waals surface area contributed by atoms with Crippen molar-refractivity contribution in [2.45, 2.75) is 6.92 Å². The summed E-state index contributed by atoms with van der Waals surface area (Å²) in [7, 11) is 0. The van der Waals surface area contributed by atoms with Gasteiger partial charge in [0.05, 0.1) is 5.56 Å². The Morgan fingerprint density at radius 1 is 1.44 bits per heavy atom. The van der Waals surface area contributed by atoms with Gasteiger partial charge in [0, 0.05) is 10.0 Å². The van der Waals surface area contributed by atoms with Gasteiger partial charge in [-0.25, -0.2) is 4.79 Å². The first-order chi connectivity index (χ1) is 7.61. The van der Waals surface area contributed by atoms with Crippen molar-refractivity contribution in [3.63, 3.8) is 0 Å². The molecule has 4 nitrogen and oxygen atoms in total. The fourth-order valence-electron chi connectivity index (χ4n) is 1.50. The minimum absolute atomic E-state index is 0.0654. The van der Waals surface area contributed by atoms with Crippen LogP contribution in [0.2, 0.25) is 0 Å². The molecule has 0 radical (unpaired) electrons. The van der Waals surface area contributed by atoms with E-state index >= 15 is 0 Å². The molecule has 0 aliphatic heterocycles. The molecule has 0 aliphatic carbocycles. The summed E-state index contributed by atoms with van der Waals surface area (Å²) in [6, 6.07) is 7.35. The van der Waals surface area contributed by atoms with Gasteiger partial charge in [-0.3, -0.25) is 0 Å². The Morgan fingerprint density at radius 3 is 2.75 bits per heavy atom. The summed E-state index contributed by atoms with van der Waals surface area (Å²) in [6.07, 6.45) is 0. The van der Waals surface area contributed by atoms with Crippen LogP contribution in [-0.4, -0.2) is 16.2 Å². The van der Waals surface area contributed by atoms with Gasteiger partial charge in [-0.2, -0.15) is 0 Å². The van der Waals surface area contributed by atoms with Gasteiger partial charge in [-0.15, -0.1) is 0 Å². The van der Waals surface area contributed by atoms with Crippen LogP contribution in [0.3, 0.4) is 0 Å². The second kappa shape index (κ2) is 4.09. The number of carboxylic acid groups (broad SMARTS) is 1. The van der Waals surface area contributed by atoms with Crippen molar-refractivity contribution in [1.29, 1.82) is 0 Å². The van der Waals surface area contributed by atoms with Crippen LogP contribution in [0.25, 0.3) is 11.1 Å². The average Bonchev–Trinajstić information content (AvgIpc) is 2.61. The first kappa shape index (κ1) is 10.9. The monoisotopic (exact) mass is 281 g/mol. The molecular weight excluding hydrogens is 274 g/mol. The first-order valence-electron chi connectivity index (χ1n) is 4.55. The van der Waals surface area contributed by atoms with Crippen LogP contribution in [0.15, 0.2) is 33.3 Å². The molecule has 0 atom stereocenters. The van der Waals surface area contributed by atoms with Gasteiger partial charge in [0.2, 0.25) is 0 Å². The molecule has 82 valence electrons. The summed E-state index contributed by atoms with van der Waals surface area (Å²) < 4.78 is 5.72. The zero-order chi connectivity index (χ0) is 11.7. The van der Waals surface area contributed by atoms with Crippen LogP contribution in [0, 0.1) is 6.92 Å². The number of hydrogen-bond donors (Lipinski definition) is 1. The van der Waals surface area contributed by atoms with Gasteiger partial charge < -0.3 is 9.63 Å². The molecule has 16 heavy (non-hydrogen) atoms. The highest BCUT2D eigenvalue weighted by molar-refractivity contribution is 9.10. The summed E-state index contributed by atoms with van der Waals surface area (Å²) in [5.41, 5.74) is 1.21. The Kier molecular flexibility index (Phi) is 2.78. The number of hydrogen-bond acceptors (Lipinski definition) is 3. The zero-order valence-corrected chi connectivity index (χ0v) is 9.98. The third-order valence-corrected chi connectivity index (χ3v) is 2.90. The van der Waals surface area contributed by atoms with E-state index in [0.717, 1.165) is 10.0 Å². The number of rotatable bonds is 2. The lowest BCUT2D eigenvalue weighted by molar-refractivity contribution is 0.0686. The van der Waals surface area contributed by atoms with E-state index in [-0.39, 0.29) is 5.69 Å². The fraction of sp³-hybridized carbons (Fsp3) is 0.0909. The van der Waals surface area contributed by atoms with E-state index < -0.39 is 5.97 Å². The quantitative estimate of drug-likeness (QED) is 0.919. The Bertz CT molecular complexity index is 548. The van der Waals surface area contributed by atoms with Crippen molar-refractivity contribution < 1.29 is 14.4 Å². The first-order valence-corrected chi connectivity index (χ1v) is 5.35. The van der Waals surface area contributed by atoms with E-state index in [1.54, 1.807) is 6.92 Å². The number of aromatic carboxylic acids is 1. The fourth-order valence-corrected chi connectivity index (χ4v) is 1.98. The van der Waals surface area contributed by atoms with Crippen molar-refractivity contribution in [1.82, 2.24) is 5.16 Å². The molecule has 0 saturated heterocycles. The van der Waals surface area contributed by atoms with Crippen LogP contribution >= 0.6 is 15.9 Å². The molecule has 0 saturated carbocycles. The molecule has 0 bridgehead atoms. The molecule has 1 N–H and O–H groups in total. The Hall–Kier alpha value is -1.62. The molecular formula is C11H8BrNO3. The highest BCUT2D eigenvalue weighted by atomic mass is 79.9. The van der Waals surface area contributed by atoms with Gasteiger partial charge in [0.25, 0.3) is 0 Å². The van der Waals surface area contributed by atoms with Crippen molar-refractivity contribution >= 4 is 21.9 Å². The highest BCUT2D eigenvalue weighted by Crippen LogP contribution is 2.32. The van der Waals surface area contributed by atoms with Crippen LogP contribution in [0.1, 0.15) is 16.2 Å². The smallest absolute Gasteiger partial charge is 0.358 e. The van der Waals surface area contributed by atoms with Gasteiger partial charge in [-0.1, -0.05) is 39.3 Å². The molecule has 0 fully saturated rings. The third-order valence-electron chi connectivity index (χ3n) is 2.21. The zero-order valence-electron chi connectivity index (χ0n) is 8.40. The van der Waals surface area contributed by atoms with E-state index in [4.69, 9.17) is 9.63 Å². The molecule has 0 spiro atoms. The van der Waals surface area contributed by atoms with E-state index in [0.29, 0.717) is 11.3 Å². The van der Waals surface area contributed by atoms with E-state index in [2.05, 4.69) is 21.1 Å². The average molecular weight is 282 g/mol. The second-order valence-corrected chi connectivity index (χ2v) is 4.10. The molecule has 1 heterocycles. The van der Waals surface area contributed by atoms with Crippen molar-refractivity contribution in [2.24, 2.45) is 0 Å². The Morgan fingerprint density at radius 2 is 2.12 bits per heavy atom. The number of carbonyl (C=O) groups is 1. The van der Waals surface area contributed by atoms with E-state index in [9.17, 15) is 4.79 Å². The number of aryl methyl sites for hydroxylation is 1. The largest absolute Gasteiger partial charge is 0.476 e. The summed E-state index contributed by atoms with van der Waals surface area (Å²) in [4.78, 5) is 11.0. The lowest BCUT2D eigenvalue weighted by atomic mass is 10.0. The van der Waals surface area contributed by atoms with Crippen molar-refractivity contribution in [2.75, 3.05) is 0 Å². The van der Waals surface area contributed by atoms with Gasteiger partial charge in [0.1, 0.15) is 5.76 Å². The molecule has 1 aromatic carbocycles. The predicted molar refractivity (Wildman–Crippen MR) is 61.3 cm³/mol. The SMILES string of the molecule is Cc1onc(C(=O)O)c1-c1ccccc1Br. The predicted octanol–water partition coefficient (Wildman–Crippen LogP) is 3.11. The maximum Gasteiger partial charge on any atom is 0.358 e. The standard InChI is InChI=1S/C11H8BrNO3/c1-6-9(10(11(14)15)13-16-6)7-4-2-3-5-8(7)12/h2-5H,1H3,(H,14,15). The maximum absolute atomic E-state index is 11.0. The topological polar surface area (TPSA) is 63.3 Å². The minimum atomic E-state index is -1.09. The highest BCUT2D eigenvalue weighted by Gasteiger charge is 2.21.